The minimum Gasteiger partial charge on any atom is -0.368 e. The van der Waals surface area contributed by atoms with Crippen molar-refractivity contribution in [1.29, 1.82) is 5.26 Å². The minimum atomic E-state index is -2.25. The van der Waals surface area contributed by atoms with E-state index in [0.717, 1.165) is 41.3 Å². The van der Waals surface area contributed by atoms with E-state index in [2.05, 4.69) is 0 Å². The number of hydrogen-bond donors (Lipinski definition) is 1. The monoisotopic (exact) mass is 345 g/mol. The van der Waals surface area contributed by atoms with Gasteiger partial charge in [0.1, 0.15) is 12.4 Å². The fourth-order valence-corrected chi connectivity index (χ4v) is 2.99. The molecule has 2 amide bonds. The second kappa shape index (κ2) is 5.63. The highest BCUT2D eigenvalue weighted by molar-refractivity contribution is 6.14. The molecule has 1 aliphatic rings. The lowest BCUT2D eigenvalue weighted by Gasteiger charge is -2.22. The number of amides is 2. The SMILES string of the molecule is N#C[C@]1(c2ccc(F)cc2)C(=O)N(CC(N)=O)c2ccc(F)c(F)c21. The van der Waals surface area contributed by atoms with E-state index in [-0.39, 0.29) is 11.3 Å². The molecule has 2 N–H and O–H groups in total. The summed E-state index contributed by atoms with van der Waals surface area (Å²) in [4.78, 5) is 25.0. The number of anilines is 1. The highest BCUT2D eigenvalue weighted by Gasteiger charge is 2.55. The third kappa shape index (κ3) is 2.24. The van der Waals surface area contributed by atoms with E-state index < -0.39 is 46.8 Å². The normalized spacial score (nSPS) is 18.8. The molecule has 0 bridgehead atoms. The second-order valence-corrected chi connectivity index (χ2v) is 5.48. The van der Waals surface area contributed by atoms with E-state index in [1.165, 1.54) is 0 Å². The van der Waals surface area contributed by atoms with E-state index in [1.807, 2.05) is 0 Å². The van der Waals surface area contributed by atoms with Gasteiger partial charge >= 0.3 is 0 Å². The van der Waals surface area contributed by atoms with Gasteiger partial charge in [-0.05, 0) is 29.8 Å². The molecule has 0 saturated carbocycles. The number of nitriles is 1. The van der Waals surface area contributed by atoms with Crippen molar-refractivity contribution in [2.24, 2.45) is 5.73 Å². The van der Waals surface area contributed by atoms with Crippen LogP contribution in [0.15, 0.2) is 36.4 Å². The van der Waals surface area contributed by atoms with Crippen LogP contribution in [0.25, 0.3) is 0 Å². The molecular weight excluding hydrogens is 335 g/mol. The molecule has 126 valence electrons. The number of benzene rings is 2. The number of nitrogens with two attached hydrogens (primary N) is 1. The number of primary amides is 1. The van der Waals surface area contributed by atoms with Crippen molar-refractivity contribution in [2.75, 3.05) is 11.4 Å². The van der Waals surface area contributed by atoms with Crippen LogP contribution in [0, 0.1) is 28.8 Å². The first-order chi connectivity index (χ1) is 11.8. The molecule has 0 saturated heterocycles. The maximum atomic E-state index is 14.5. The van der Waals surface area contributed by atoms with Gasteiger partial charge in [-0.1, -0.05) is 12.1 Å². The first kappa shape index (κ1) is 16.5. The lowest BCUT2D eigenvalue weighted by molar-refractivity contribution is -0.123. The minimum absolute atomic E-state index is 0.0425. The van der Waals surface area contributed by atoms with E-state index >= 15 is 0 Å². The van der Waals surface area contributed by atoms with Gasteiger partial charge in [0.05, 0.1) is 11.8 Å². The van der Waals surface area contributed by atoms with Crippen LogP contribution in [0.3, 0.4) is 0 Å². The van der Waals surface area contributed by atoms with Gasteiger partial charge in [-0.3, -0.25) is 9.59 Å². The van der Waals surface area contributed by atoms with Crippen LogP contribution >= 0.6 is 0 Å². The van der Waals surface area contributed by atoms with Crippen molar-refractivity contribution < 1.29 is 22.8 Å². The molecule has 0 fully saturated rings. The van der Waals surface area contributed by atoms with Gasteiger partial charge in [0.2, 0.25) is 5.91 Å². The maximum absolute atomic E-state index is 14.5. The van der Waals surface area contributed by atoms with Crippen LogP contribution in [-0.2, 0) is 15.0 Å². The average Bonchev–Trinajstić information content (AvgIpc) is 2.81. The average molecular weight is 345 g/mol. The van der Waals surface area contributed by atoms with Gasteiger partial charge < -0.3 is 10.6 Å². The summed E-state index contributed by atoms with van der Waals surface area (Å²) in [6, 6.07) is 7.86. The quantitative estimate of drug-likeness (QED) is 0.919. The highest BCUT2D eigenvalue weighted by Crippen LogP contribution is 2.47. The summed E-state index contributed by atoms with van der Waals surface area (Å²) < 4.78 is 41.5. The number of rotatable bonds is 3. The van der Waals surface area contributed by atoms with Crippen molar-refractivity contribution in [3.63, 3.8) is 0 Å². The molecule has 0 aliphatic carbocycles. The van der Waals surface area contributed by atoms with Gasteiger partial charge in [-0.25, -0.2) is 13.2 Å². The van der Waals surface area contributed by atoms with Crippen molar-refractivity contribution >= 4 is 17.5 Å². The summed E-state index contributed by atoms with van der Waals surface area (Å²) in [7, 11) is 0. The molecule has 8 heteroatoms. The van der Waals surface area contributed by atoms with Gasteiger partial charge in [-0.15, -0.1) is 0 Å². The Morgan fingerprint density at radius 1 is 1.16 bits per heavy atom. The molecule has 1 atom stereocenters. The van der Waals surface area contributed by atoms with E-state index in [1.54, 1.807) is 6.07 Å². The Kier molecular flexibility index (Phi) is 3.72. The summed E-state index contributed by atoms with van der Waals surface area (Å²) >= 11 is 0. The van der Waals surface area contributed by atoms with Crippen LogP contribution in [0.4, 0.5) is 18.9 Å². The summed E-state index contributed by atoms with van der Waals surface area (Å²) in [6.45, 7) is -0.610. The predicted molar refractivity (Wildman–Crippen MR) is 80.7 cm³/mol. The number of halogens is 3. The smallest absolute Gasteiger partial charge is 0.257 e. The molecule has 3 rings (SSSR count). The third-order valence-corrected chi connectivity index (χ3v) is 4.06. The van der Waals surface area contributed by atoms with E-state index in [9.17, 15) is 28.0 Å². The molecule has 2 aromatic rings. The van der Waals surface area contributed by atoms with Crippen LogP contribution in [0.1, 0.15) is 11.1 Å². The Labute approximate surface area is 140 Å². The summed E-state index contributed by atoms with van der Waals surface area (Å²) in [5.74, 6) is -5.12. The molecule has 1 aliphatic heterocycles. The predicted octanol–water partition coefficient (Wildman–Crippen LogP) is 1.75. The molecule has 0 aromatic heterocycles. The van der Waals surface area contributed by atoms with Crippen LogP contribution < -0.4 is 10.6 Å². The van der Waals surface area contributed by atoms with Crippen LogP contribution in [0.2, 0.25) is 0 Å². The first-order valence-corrected chi connectivity index (χ1v) is 7.09. The van der Waals surface area contributed by atoms with Crippen molar-refractivity contribution in [2.45, 2.75) is 5.41 Å². The zero-order valence-electron chi connectivity index (χ0n) is 12.6. The zero-order chi connectivity index (χ0) is 18.4. The highest BCUT2D eigenvalue weighted by atomic mass is 19.2. The lowest BCUT2D eigenvalue weighted by atomic mass is 9.76. The number of fused-ring (bicyclic) bond motifs is 1. The van der Waals surface area contributed by atoms with Gasteiger partial charge in [0.25, 0.3) is 5.91 Å². The molecule has 25 heavy (non-hydrogen) atoms. The topological polar surface area (TPSA) is 87.2 Å². The molecule has 0 spiro atoms. The van der Waals surface area contributed by atoms with Crippen molar-refractivity contribution in [1.82, 2.24) is 0 Å². The number of carbonyl (C=O) groups is 2. The summed E-state index contributed by atoms with van der Waals surface area (Å²) in [5.41, 5.74) is 2.18. The number of carbonyl (C=O) groups excluding carboxylic acids is 2. The maximum Gasteiger partial charge on any atom is 0.257 e. The fourth-order valence-electron chi connectivity index (χ4n) is 2.99. The van der Waals surface area contributed by atoms with Crippen LogP contribution in [0.5, 0.6) is 0 Å². The fraction of sp³-hybridized carbons (Fsp3) is 0.118. The number of hydrogen-bond acceptors (Lipinski definition) is 3. The molecule has 1 heterocycles. The first-order valence-electron chi connectivity index (χ1n) is 7.09. The van der Waals surface area contributed by atoms with Crippen molar-refractivity contribution in [3.05, 3.63) is 65.0 Å². The van der Waals surface area contributed by atoms with Gasteiger partial charge in [-0.2, -0.15) is 5.26 Å². The lowest BCUT2D eigenvalue weighted by Crippen LogP contribution is -2.44. The van der Waals surface area contributed by atoms with E-state index in [4.69, 9.17) is 5.73 Å². The second-order valence-electron chi connectivity index (χ2n) is 5.48. The zero-order valence-corrected chi connectivity index (χ0v) is 12.6. The third-order valence-electron chi connectivity index (χ3n) is 4.06. The Hall–Kier alpha value is -3.34. The van der Waals surface area contributed by atoms with Crippen molar-refractivity contribution in [3.8, 4) is 6.07 Å². The molecule has 2 aromatic carbocycles. The summed E-state index contributed by atoms with van der Waals surface area (Å²) in [6.07, 6.45) is 0. The van der Waals surface area contributed by atoms with Crippen LogP contribution in [-0.4, -0.2) is 18.4 Å². The van der Waals surface area contributed by atoms with Gasteiger partial charge in [0.15, 0.2) is 17.0 Å². The standard InChI is InChI=1S/C17H10F3N3O2/c18-10-3-1-9(2-4-10)17(8-21)14-12(6-5-11(19)15(14)20)23(16(17)25)7-13(22)24/h1-6H,7H2,(H2,22,24)/t17-/m1/s1. The Morgan fingerprint density at radius 2 is 1.80 bits per heavy atom. The molecule has 0 radical (unpaired) electrons. The molecular formula is C17H10F3N3O2. The summed E-state index contributed by atoms with van der Waals surface area (Å²) in [5, 5.41) is 9.73. The largest absolute Gasteiger partial charge is 0.368 e. The Bertz CT molecular complexity index is 937. The molecule has 5 nitrogen and oxygen atoms in total. The Balaban J connectivity index is 2.35. The number of nitrogens with zero attached hydrogens (tertiary/aromatic N) is 2. The van der Waals surface area contributed by atoms with E-state index in [0.29, 0.717) is 0 Å². The molecule has 0 unspecified atom stereocenters. The van der Waals surface area contributed by atoms with Gasteiger partial charge in [0, 0.05) is 5.56 Å². The Morgan fingerprint density at radius 3 is 2.36 bits per heavy atom.